The highest BCUT2D eigenvalue weighted by Crippen LogP contribution is 2.25. The Balaban J connectivity index is 2.29. The summed E-state index contributed by atoms with van der Waals surface area (Å²) >= 11 is 0. The Morgan fingerprint density at radius 1 is 1.37 bits per heavy atom. The molecule has 19 heavy (non-hydrogen) atoms. The molecule has 0 saturated carbocycles. The van der Waals surface area contributed by atoms with Gasteiger partial charge in [0.05, 0.1) is 12.8 Å². The second kappa shape index (κ2) is 5.34. The smallest absolute Gasteiger partial charge is 0.261 e. The van der Waals surface area contributed by atoms with Gasteiger partial charge in [-0.3, -0.25) is 9.59 Å². The molecular formula is C13H11FN2O3. The number of carbonyl (C=O) groups excluding carboxylic acids is 1. The number of pyridine rings is 1. The molecule has 1 amide bonds. The maximum atomic E-state index is 13.0. The van der Waals surface area contributed by atoms with E-state index >= 15 is 0 Å². The number of carbonyl (C=O) groups is 1. The molecule has 0 radical (unpaired) electrons. The number of halogens is 1. The van der Waals surface area contributed by atoms with Crippen LogP contribution in [0.1, 0.15) is 10.4 Å². The standard InChI is InChI=1S/C13H11FN2O3/c1-19-12-6-8(14)2-3-10(12)16-13(18)9-7-15-5-4-11(9)17/h2-7H,1H3,(H,15,17)(H,16,18). The van der Waals surface area contributed by atoms with Gasteiger partial charge in [-0.15, -0.1) is 0 Å². The molecule has 0 aliphatic rings. The highest BCUT2D eigenvalue weighted by Gasteiger charge is 2.12. The molecule has 0 spiro atoms. The van der Waals surface area contributed by atoms with E-state index in [2.05, 4.69) is 10.3 Å². The van der Waals surface area contributed by atoms with Crippen molar-refractivity contribution in [3.63, 3.8) is 0 Å². The molecule has 0 aliphatic heterocycles. The third-order valence-corrected chi connectivity index (χ3v) is 2.48. The second-order valence-corrected chi connectivity index (χ2v) is 3.72. The van der Waals surface area contributed by atoms with Crippen LogP contribution in [0.5, 0.6) is 5.75 Å². The SMILES string of the molecule is COc1cc(F)ccc1NC(=O)c1c[nH]ccc1=O. The van der Waals surface area contributed by atoms with Crippen molar-refractivity contribution in [1.82, 2.24) is 4.98 Å². The van der Waals surface area contributed by atoms with E-state index in [0.717, 1.165) is 6.07 Å². The second-order valence-electron chi connectivity index (χ2n) is 3.72. The molecule has 0 atom stereocenters. The molecule has 0 bridgehead atoms. The molecule has 2 aromatic rings. The van der Waals surface area contributed by atoms with Gasteiger partial charge < -0.3 is 15.0 Å². The number of aromatic amines is 1. The fourth-order valence-corrected chi connectivity index (χ4v) is 1.55. The lowest BCUT2D eigenvalue weighted by Crippen LogP contribution is -2.21. The van der Waals surface area contributed by atoms with Crippen molar-refractivity contribution >= 4 is 11.6 Å². The molecule has 0 aliphatic carbocycles. The van der Waals surface area contributed by atoms with Crippen LogP contribution in [-0.2, 0) is 0 Å². The number of ether oxygens (including phenoxy) is 1. The summed E-state index contributed by atoms with van der Waals surface area (Å²) in [5, 5.41) is 2.50. The summed E-state index contributed by atoms with van der Waals surface area (Å²) in [5.74, 6) is -0.889. The predicted octanol–water partition coefficient (Wildman–Crippen LogP) is 1.77. The minimum Gasteiger partial charge on any atom is -0.494 e. The number of rotatable bonds is 3. The molecule has 1 aromatic carbocycles. The Morgan fingerprint density at radius 3 is 2.84 bits per heavy atom. The van der Waals surface area contributed by atoms with Crippen LogP contribution >= 0.6 is 0 Å². The van der Waals surface area contributed by atoms with Crippen molar-refractivity contribution in [1.29, 1.82) is 0 Å². The lowest BCUT2D eigenvalue weighted by Gasteiger charge is -2.09. The van der Waals surface area contributed by atoms with Gasteiger partial charge in [-0.2, -0.15) is 0 Å². The number of nitrogens with one attached hydrogen (secondary N) is 2. The quantitative estimate of drug-likeness (QED) is 0.885. The topological polar surface area (TPSA) is 71.2 Å². The van der Waals surface area contributed by atoms with Crippen molar-refractivity contribution in [2.75, 3.05) is 12.4 Å². The summed E-state index contributed by atoms with van der Waals surface area (Å²) in [7, 11) is 1.36. The lowest BCUT2D eigenvalue weighted by atomic mass is 10.2. The maximum absolute atomic E-state index is 13.0. The first-order valence-corrected chi connectivity index (χ1v) is 5.44. The van der Waals surface area contributed by atoms with Crippen LogP contribution in [0, 0.1) is 5.82 Å². The van der Waals surface area contributed by atoms with Crippen LogP contribution < -0.4 is 15.5 Å². The van der Waals surface area contributed by atoms with E-state index in [0.29, 0.717) is 0 Å². The Kier molecular flexibility index (Phi) is 3.61. The van der Waals surface area contributed by atoms with Crippen molar-refractivity contribution in [2.24, 2.45) is 0 Å². The molecule has 6 heteroatoms. The van der Waals surface area contributed by atoms with Gasteiger partial charge in [0.2, 0.25) is 0 Å². The van der Waals surface area contributed by atoms with Crippen LogP contribution in [0.4, 0.5) is 10.1 Å². The van der Waals surface area contributed by atoms with Gasteiger partial charge in [0.1, 0.15) is 17.1 Å². The molecular weight excluding hydrogens is 251 g/mol. The fourth-order valence-electron chi connectivity index (χ4n) is 1.55. The normalized spacial score (nSPS) is 10.0. The number of anilines is 1. The molecule has 1 aromatic heterocycles. The number of hydrogen-bond acceptors (Lipinski definition) is 3. The highest BCUT2D eigenvalue weighted by atomic mass is 19.1. The predicted molar refractivity (Wildman–Crippen MR) is 68.0 cm³/mol. The first kappa shape index (κ1) is 12.8. The average Bonchev–Trinajstić information content (AvgIpc) is 2.41. The zero-order chi connectivity index (χ0) is 13.8. The van der Waals surface area contributed by atoms with Crippen LogP contribution in [0.25, 0.3) is 0 Å². The number of H-pyrrole nitrogens is 1. The molecule has 0 fully saturated rings. The van der Waals surface area contributed by atoms with Gasteiger partial charge in [0, 0.05) is 24.5 Å². The first-order valence-electron chi connectivity index (χ1n) is 5.44. The van der Waals surface area contributed by atoms with Gasteiger partial charge in [-0.25, -0.2) is 4.39 Å². The molecule has 5 nitrogen and oxygen atoms in total. The minimum atomic E-state index is -0.591. The van der Waals surface area contributed by atoms with Crippen molar-refractivity contribution in [3.8, 4) is 5.75 Å². The van der Waals surface area contributed by atoms with Gasteiger partial charge >= 0.3 is 0 Å². The third-order valence-electron chi connectivity index (χ3n) is 2.48. The largest absolute Gasteiger partial charge is 0.494 e. The molecule has 1 heterocycles. The van der Waals surface area contributed by atoms with E-state index in [-0.39, 0.29) is 17.0 Å². The summed E-state index contributed by atoms with van der Waals surface area (Å²) in [4.78, 5) is 26.0. The number of benzene rings is 1. The summed E-state index contributed by atoms with van der Waals surface area (Å²) in [6.07, 6.45) is 2.73. The third kappa shape index (κ3) is 2.79. The van der Waals surface area contributed by atoms with Crippen LogP contribution in [0.15, 0.2) is 41.5 Å². The monoisotopic (exact) mass is 262 g/mol. The van der Waals surface area contributed by atoms with E-state index in [1.807, 2.05) is 0 Å². The zero-order valence-corrected chi connectivity index (χ0v) is 10.1. The minimum absolute atomic E-state index is 0.0334. The van der Waals surface area contributed by atoms with Gasteiger partial charge in [0.15, 0.2) is 5.43 Å². The van der Waals surface area contributed by atoms with E-state index in [1.165, 1.54) is 37.7 Å². The Hall–Kier alpha value is -2.63. The van der Waals surface area contributed by atoms with E-state index in [9.17, 15) is 14.0 Å². The van der Waals surface area contributed by atoms with Gasteiger partial charge in [0.25, 0.3) is 5.91 Å². The number of methoxy groups -OCH3 is 1. The first-order chi connectivity index (χ1) is 9.11. The Morgan fingerprint density at radius 2 is 2.16 bits per heavy atom. The molecule has 98 valence electrons. The fraction of sp³-hybridized carbons (Fsp3) is 0.0769. The van der Waals surface area contributed by atoms with Crippen molar-refractivity contribution in [3.05, 3.63) is 58.3 Å². The summed E-state index contributed by atoms with van der Waals surface area (Å²) in [5.41, 5.74) is -0.150. The number of hydrogen-bond donors (Lipinski definition) is 2. The zero-order valence-electron chi connectivity index (χ0n) is 10.1. The van der Waals surface area contributed by atoms with Crippen molar-refractivity contribution in [2.45, 2.75) is 0 Å². The molecule has 0 unspecified atom stereocenters. The van der Waals surface area contributed by atoms with E-state index < -0.39 is 17.2 Å². The average molecular weight is 262 g/mol. The highest BCUT2D eigenvalue weighted by molar-refractivity contribution is 6.04. The van der Waals surface area contributed by atoms with Crippen LogP contribution in [-0.4, -0.2) is 18.0 Å². The summed E-state index contributed by atoms with van der Waals surface area (Å²) in [6.45, 7) is 0. The van der Waals surface area contributed by atoms with Gasteiger partial charge in [-0.05, 0) is 12.1 Å². The lowest BCUT2D eigenvalue weighted by molar-refractivity contribution is 0.102. The molecule has 2 N–H and O–H groups in total. The Labute approximate surface area is 108 Å². The maximum Gasteiger partial charge on any atom is 0.261 e. The number of aromatic nitrogens is 1. The van der Waals surface area contributed by atoms with Crippen LogP contribution in [0.3, 0.4) is 0 Å². The summed E-state index contributed by atoms with van der Waals surface area (Å²) < 4.78 is 18.0. The van der Waals surface area contributed by atoms with E-state index in [4.69, 9.17) is 4.74 Å². The summed E-state index contributed by atoms with van der Waals surface area (Å²) in [6, 6.07) is 4.94. The van der Waals surface area contributed by atoms with E-state index in [1.54, 1.807) is 0 Å². The molecule has 0 saturated heterocycles. The van der Waals surface area contributed by atoms with Gasteiger partial charge in [-0.1, -0.05) is 0 Å². The number of amides is 1. The van der Waals surface area contributed by atoms with Crippen LogP contribution in [0.2, 0.25) is 0 Å². The molecule has 2 rings (SSSR count). The van der Waals surface area contributed by atoms with Crippen molar-refractivity contribution < 1.29 is 13.9 Å². The Bertz CT molecular complexity index is 667.